The number of halogens is 1. The third-order valence-electron chi connectivity index (χ3n) is 4.74. The Morgan fingerprint density at radius 2 is 1.65 bits per heavy atom. The Bertz CT molecular complexity index is 795. The summed E-state index contributed by atoms with van der Waals surface area (Å²) in [6, 6.07) is 16.1. The van der Waals surface area contributed by atoms with Crippen molar-refractivity contribution in [3.05, 3.63) is 64.7 Å². The van der Waals surface area contributed by atoms with Crippen molar-refractivity contribution in [1.29, 1.82) is 5.26 Å². The van der Waals surface area contributed by atoms with Crippen LogP contribution in [-0.2, 0) is 15.0 Å². The van der Waals surface area contributed by atoms with Gasteiger partial charge in [0, 0.05) is 25.5 Å². The molecule has 3 N–H and O–H groups in total. The largest absolute Gasteiger partial charge is 0.443 e. The number of amides is 1. The quantitative estimate of drug-likeness (QED) is 0.296. The fourth-order valence-electron chi connectivity index (χ4n) is 2.87. The van der Waals surface area contributed by atoms with E-state index in [0.29, 0.717) is 12.0 Å². The molecule has 0 bridgehead atoms. The van der Waals surface area contributed by atoms with Crippen LogP contribution >= 0.6 is 16.3 Å². The van der Waals surface area contributed by atoms with Gasteiger partial charge in [0.25, 0.3) is 0 Å². The summed E-state index contributed by atoms with van der Waals surface area (Å²) < 4.78 is 4.06. The predicted molar refractivity (Wildman–Crippen MR) is 149 cm³/mol. The van der Waals surface area contributed by atoms with E-state index in [-0.39, 0.29) is 12.0 Å². The second-order valence-electron chi connectivity index (χ2n) is 7.89. The van der Waals surface area contributed by atoms with Gasteiger partial charge in [-0.3, -0.25) is 4.79 Å². The van der Waals surface area contributed by atoms with Crippen LogP contribution in [-0.4, -0.2) is 24.2 Å². The van der Waals surface area contributed by atoms with Crippen LogP contribution in [0.25, 0.3) is 0 Å². The number of nitrogens with zero attached hydrogens (tertiary/aromatic N) is 1. The topological polar surface area (TPSA) is 85.0 Å². The number of unbranched alkanes of at least 4 members (excludes halogenated alkanes) is 2. The number of benzene rings is 2. The maximum atomic E-state index is 11.3. The molecule has 0 heterocycles. The summed E-state index contributed by atoms with van der Waals surface area (Å²) in [6.07, 6.45) is 6.63. The number of rotatable bonds is 7. The van der Waals surface area contributed by atoms with Gasteiger partial charge in [-0.1, -0.05) is 63.9 Å². The van der Waals surface area contributed by atoms with E-state index < -0.39 is 0 Å². The number of aryl methyl sites for hydroxylation is 3. The van der Waals surface area contributed by atoms with Crippen LogP contribution in [0.1, 0.15) is 82.1 Å². The van der Waals surface area contributed by atoms with Gasteiger partial charge in [-0.05, 0) is 55.5 Å². The van der Waals surface area contributed by atoms with Crippen LogP contribution in [0, 0.1) is 25.2 Å². The molecule has 0 spiro atoms. The minimum Gasteiger partial charge on any atom is -0.443 e. The Labute approximate surface area is 216 Å². The molecule has 2 aromatic carbocycles. The molecule has 2 aromatic rings. The number of carbonyl (C=O) groups is 1. The molecule has 0 saturated heterocycles. The molecular formula is C28H44BrN2O3+. The fraction of sp³-hybridized carbons (Fsp3) is 0.500. The molecular weight excluding hydrogens is 492 g/mol. The van der Waals surface area contributed by atoms with Crippen LogP contribution < -0.4 is 5.32 Å². The van der Waals surface area contributed by atoms with Gasteiger partial charge in [-0.15, -0.1) is 0 Å². The molecule has 6 heteroatoms. The van der Waals surface area contributed by atoms with Crippen LogP contribution in [0.2, 0.25) is 0 Å². The number of carbonyl (C=O) groups excluding carboxylic acids is 1. The number of anilines is 1. The lowest BCUT2D eigenvalue weighted by Gasteiger charge is -2.11. The van der Waals surface area contributed by atoms with E-state index in [1.807, 2.05) is 33.8 Å². The van der Waals surface area contributed by atoms with Crippen molar-refractivity contribution >= 4 is 27.9 Å². The van der Waals surface area contributed by atoms with Crippen LogP contribution in [0.4, 0.5) is 5.69 Å². The lowest BCUT2D eigenvalue weighted by Crippen LogP contribution is -2.11. The molecule has 34 heavy (non-hydrogen) atoms. The van der Waals surface area contributed by atoms with Crippen molar-refractivity contribution in [3.8, 4) is 6.07 Å². The Kier molecular flexibility index (Phi) is 22.6. The van der Waals surface area contributed by atoms with Gasteiger partial charge in [0.1, 0.15) is 0 Å². The number of nitrogens with one attached hydrogen (secondary N) is 1. The summed E-state index contributed by atoms with van der Waals surface area (Å²) in [5.74, 6) is -0.00842. The molecule has 0 aliphatic rings. The monoisotopic (exact) mass is 535 g/mol. The summed E-state index contributed by atoms with van der Waals surface area (Å²) in [4.78, 5) is 11.3. The maximum absolute atomic E-state index is 11.3. The first-order valence-corrected chi connectivity index (χ1v) is 12.6. The van der Waals surface area contributed by atoms with Gasteiger partial charge in [0.2, 0.25) is 5.91 Å². The molecule has 0 aromatic heterocycles. The second-order valence-corrected chi connectivity index (χ2v) is 8.54. The summed E-state index contributed by atoms with van der Waals surface area (Å²) in [5, 5.41) is 18.8. The van der Waals surface area contributed by atoms with Crippen LogP contribution in [0.3, 0.4) is 0 Å². The average Bonchev–Trinajstić information content (AvgIpc) is 2.83. The smallest absolute Gasteiger partial charge is 0.224 e. The van der Waals surface area contributed by atoms with E-state index in [1.54, 1.807) is 19.2 Å². The Hall–Kier alpha value is -2.20. The lowest BCUT2D eigenvalue weighted by molar-refractivity contribution is -0.115. The van der Waals surface area contributed by atoms with Crippen LogP contribution in [0.15, 0.2) is 42.5 Å². The highest BCUT2D eigenvalue weighted by Gasteiger charge is 2.07. The first-order valence-electron chi connectivity index (χ1n) is 11.9. The number of hydrogen-bond acceptors (Lipinski definition) is 3. The minimum atomic E-state index is -0.00842. The molecule has 0 aliphatic heterocycles. The van der Waals surface area contributed by atoms with E-state index in [4.69, 9.17) is 10.4 Å². The van der Waals surface area contributed by atoms with Gasteiger partial charge in [0.05, 0.1) is 35.0 Å². The summed E-state index contributed by atoms with van der Waals surface area (Å²) in [7, 11) is 1.54. The average molecular weight is 537 g/mol. The Morgan fingerprint density at radius 1 is 1.12 bits per heavy atom. The molecule has 1 atom stereocenters. The highest BCUT2D eigenvalue weighted by atomic mass is 79.9. The van der Waals surface area contributed by atoms with E-state index in [0.717, 1.165) is 29.7 Å². The molecule has 0 radical (unpaired) electrons. The SMILES string of the molecule is CCC(=O)Nc1c(C)cc(C#N)cc1C.CCCCCC(C)[OH2+].CCc1ccccc1.COBr. The third-order valence-corrected chi connectivity index (χ3v) is 4.74. The maximum Gasteiger partial charge on any atom is 0.224 e. The zero-order valence-electron chi connectivity index (χ0n) is 22.0. The van der Waals surface area contributed by atoms with Crippen molar-refractivity contribution in [1.82, 2.24) is 0 Å². The van der Waals surface area contributed by atoms with Crippen molar-refractivity contribution in [2.75, 3.05) is 12.4 Å². The lowest BCUT2D eigenvalue weighted by atomic mass is 10.0. The van der Waals surface area contributed by atoms with Crippen molar-refractivity contribution < 1.29 is 13.7 Å². The normalized spacial score (nSPS) is 10.1. The van der Waals surface area contributed by atoms with Gasteiger partial charge in [0.15, 0.2) is 6.10 Å². The molecule has 2 rings (SSSR count). The summed E-state index contributed by atoms with van der Waals surface area (Å²) >= 11 is 2.65. The van der Waals surface area contributed by atoms with Crippen LogP contribution in [0.5, 0.6) is 0 Å². The highest BCUT2D eigenvalue weighted by Crippen LogP contribution is 2.22. The standard InChI is InChI=1S/C12H14N2O.C8H10.C7H16O.CH3BrO/c1-4-11(15)14-12-8(2)5-10(7-13)6-9(12)3;1-2-8-6-4-3-5-7-8;1-3-4-5-6-7(2)8;1-3-2/h5-6H,4H2,1-3H3,(H,14,15);3-7H,2H2,1H3;7-8H,3-6H2,1-2H3;1H3/p+1. The summed E-state index contributed by atoms with van der Waals surface area (Å²) in [6.45, 7) is 11.9. The fourth-order valence-corrected chi connectivity index (χ4v) is 2.87. The number of hydrogen-bond donors (Lipinski definition) is 1. The van der Waals surface area contributed by atoms with Crippen molar-refractivity contribution in [2.45, 2.75) is 86.2 Å². The van der Waals surface area contributed by atoms with E-state index in [2.05, 4.69) is 69.6 Å². The third kappa shape index (κ3) is 18.3. The van der Waals surface area contributed by atoms with E-state index >= 15 is 0 Å². The minimum absolute atomic E-state index is 0.00842. The first-order chi connectivity index (χ1) is 16.2. The van der Waals surface area contributed by atoms with Gasteiger partial charge in [-0.2, -0.15) is 5.26 Å². The predicted octanol–water partition coefficient (Wildman–Crippen LogP) is 7.40. The summed E-state index contributed by atoms with van der Waals surface area (Å²) in [5.41, 5.74) is 4.70. The molecule has 1 unspecified atom stereocenters. The molecule has 0 aliphatic carbocycles. The Balaban J connectivity index is 0. The van der Waals surface area contributed by atoms with Crippen molar-refractivity contribution in [3.63, 3.8) is 0 Å². The molecule has 190 valence electrons. The van der Waals surface area contributed by atoms with Gasteiger partial charge < -0.3 is 14.3 Å². The molecule has 0 saturated carbocycles. The van der Waals surface area contributed by atoms with Gasteiger partial charge >= 0.3 is 0 Å². The van der Waals surface area contributed by atoms with Crippen molar-refractivity contribution in [2.24, 2.45) is 0 Å². The number of nitriles is 1. The first kappa shape index (κ1) is 34.0. The molecule has 1 amide bonds. The highest BCUT2D eigenvalue weighted by molar-refractivity contribution is 9.06. The molecule has 0 fully saturated rings. The van der Waals surface area contributed by atoms with Gasteiger partial charge in [-0.25, -0.2) is 0 Å². The van der Waals surface area contributed by atoms with E-state index in [1.165, 1.54) is 24.8 Å². The zero-order chi connectivity index (χ0) is 26.4. The zero-order valence-corrected chi connectivity index (χ0v) is 23.6. The molecule has 5 nitrogen and oxygen atoms in total. The van der Waals surface area contributed by atoms with E-state index in [9.17, 15) is 4.79 Å². The Morgan fingerprint density at radius 3 is 2.00 bits per heavy atom. The second kappa shape index (κ2) is 22.6.